The molecule has 0 aromatic carbocycles. The Labute approximate surface area is 106 Å². The van der Waals surface area contributed by atoms with E-state index in [1.54, 1.807) is 0 Å². The maximum absolute atomic E-state index is 10.4. The van der Waals surface area contributed by atoms with Crippen molar-refractivity contribution in [1.82, 2.24) is 0 Å². The zero-order valence-electron chi connectivity index (χ0n) is 9.62. The van der Waals surface area contributed by atoms with Gasteiger partial charge in [-0.25, -0.2) is 9.59 Å². The zero-order chi connectivity index (χ0) is 15.2. The number of aliphatic imine (C=N–C) groups is 1. The minimum atomic E-state index is -1.94. The van der Waals surface area contributed by atoms with Crippen molar-refractivity contribution in [2.24, 2.45) is 4.99 Å². The van der Waals surface area contributed by atoms with E-state index >= 15 is 0 Å². The molecule has 7 N–H and O–H groups in total. The quantitative estimate of drug-likeness (QED) is 0.172. The number of aliphatic hydroxyl groups is 5. The molecule has 0 saturated carbocycles. The van der Waals surface area contributed by atoms with Gasteiger partial charge >= 0.3 is 11.9 Å². The average molecular weight is 281 g/mol. The number of rotatable bonds is 8. The number of hydrogen-bond donors (Lipinski definition) is 7. The summed E-state index contributed by atoms with van der Waals surface area (Å²) in [7, 11) is 0. The minimum absolute atomic E-state index is 0.815. The Bertz CT molecular complexity index is 340. The third kappa shape index (κ3) is 5.28. The molecular formula is C9H15NO9. The maximum Gasteiger partial charge on any atom is 0.361 e. The highest BCUT2D eigenvalue weighted by Gasteiger charge is 2.30. The first-order chi connectivity index (χ1) is 8.72. The molecule has 0 saturated heterocycles. The van der Waals surface area contributed by atoms with Crippen molar-refractivity contribution in [2.75, 3.05) is 13.2 Å². The summed E-state index contributed by atoms with van der Waals surface area (Å²) in [6, 6.07) is 0. The first-order valence-electron chi connectivity index (χ1n) is 5.06. The Kier molecular flexibility index (Phi) is 7.11. The molecule has 0 fully saturated rings. The lowest BCUT2D eigenvalue weighted by molar-refractivity contribution is -0.134. The first kappa shape index (κ1) is 17.4. The molecular weight excluding hydrogens is 266 g/mol. The summed E-state index contributed by atoms with van der Waals surface area (Å²) in [5, 5.41) is 62.4. The van der Waals surface area contributed by atoms with E-state index in [-0.39, 0.29) is 0 Å². The fourth-order valence-electron chi connectivity index (χ4n) is 1.08. The molecule has 0 bridgehead atoms. The zero-order valence-corrected chi connectivity index (χ0v) is 9.62. The Morgan fingerprint density at radius 1 is 0.895 bits per heavy atom. The van der Waals surface area contributed by atoms with Crippen LogP contribution in [0.25, 0.3) is 0 Å². The molecule has 0 amide bonds. The Morgan fingerprint density at radius 2 is 1.32 bits per heavy atom. The lowest BCUT2D eigenvalue weighted by Gasteiger charge is -2.24. The number of carbonyl (C=O) groups is 2. The van der Waals surface area contributed by atoms with Gasteiger partial charge in [-0.1, -0.05) is 0 Å². The number of hydrogen-bond acceptors (Lipinski definition) is 8. The monoisotopic (exact) mass is 281 g/mol. The molecule has 0 unspecified atom stereocenters. The second kappa shape index (κ2) is 7.76. The van der Waals surface area contributed by atoms with Gasteiger partial charge < -0.3 is 35.7 Å². The van der Waals surface area contributed by atoms with Crippen LogP contribution in [0.5, 0.6) is 0 Å². The molecule has 10 nitrogen and oxygen atoms in total. The van der Waals surface area contributed by atoms with Gasteiger partial charge in [0.2, 0.25) is 5.71 Å². The van der Waals surface area contributed by atoms with Crippen LogP contribution in [-0.2, 0) is 9.59 Å². The highest BCUT2D eigenvalue weighted by atomic mass is 16.4. The van der Waals surface area contributed by atoms with Crippen molar-refractivity contribution < 1.29 is 45.3 Å². The van der Waals surface area contributed by atoms with E-state index in [9.17, 15) is 24.9 Å². The van der Waals surface area contributed by atoms with E-state index in [0.29, 0.717) is 0 Å². The molecule has 4 atom stereocenters. The summed E-state index contributed by atoms with van der Waals surface area (Å²) in [4.78, 5) is 23.9. The van der Waals surface area contributed by atoms with Gasteiger partial charge in [0.25, 0.3) is 0 Å². The van der Waals surface area contributed by atoms with E-state index in [4.69, 9.17) is 20.4 Å². The molecule has 0 aliphatic heterocycles. The number of carboxylic acid groups (broad SMARTS) is 2. The molecule has 0 rings (SSSR count). The standard InChI is InChI=1S/C9H15NO9/c11-2-4(13)7(15)6(14)3(12)1-10-5(8(16)17)9(18)19/h3-4,6-7,11-15H,1-2H2,(H,16,17)(H,18,19)/t3-,4+,6+,7+/m0/s1. The smallest absolute Gasteiger partial charge is 0.361 e. The molecule has 0 aliphatic carbocycles. The highest BCUT2D eigenvalue weighted by Crippen LogP contribution is 2.05. The fourth-order valence-corrected chi connectivity index (χ4v) is 1.08. The van der Waals surface area contributed by atoms with Crippen LogP contribution >= 0.6 is 0 Å². The van der Waals surface area contributed by atoms with Crippen LogP contribution in [0, 0.1) is 0 Å². The van der Waals surface area contributed by atoms with Gasteiger partial charge in [-0.15, -0.1) is 0 Å². The van der Waals surface area contributed by atoms with Gasteiger partial charge in [0, 0.05) is 0 Å². The Morgan fingerprint density at radius 3 is 1.68 bits per heavy atom. The van der Waals surface area contributed by atoms with Gasteiger partial charge in [0.05, 0.1) is 13.2 Å². The predicted molar refractivity (Wildman–Crippen MR) is 58.7 cm³/mol. The summed E-state index contributed by atoms with van der Waals surface area (Å²) in [5.74, 6) is -3.66. The van der Waals surface area contributed by atoms with Crippen LogP contribution < -0.4 is 0 Å². The lowest BCUT2D eigenvalue weighted by atomic mass is 10.0. The third-order valence-corrected chi connectivity index (χ3v) is 2.17. The molecule has 0 aromatic rings. The molecule has 0 spiro atoms. The highest BCUT2D eigenvalue weighted by molar-refractivity contribution is 6.61. The SMILES string of the molecule is O=C(O)C(=NC[C@H](O)[C@@H](O)[C@H](O)[C@H](O)CO)C(=O)O. The van der Waals surface area contributed by atoms with Crippen molar-refractivity contribution >= 4 is 17.7 Å². The van der Waals surface area contributed by atoms with Crippen LogP contribution in [0.4, 0.5) is 0 Å². The maximum atomic E-state index is 10.4. The lowest BCUT2D eigenvalue weighted by Crippen LogP contribution is -2.47. The van der Waals surface area contributed by atoms with E-state index in [2.05, 4.69) is 4.99 Å². The second-order valence-corrected chi connectivity index (χ2v) is 3.60. The van der Waals surface area contributed by atoms with Crippen LogP contribution in [-0.4, -0.2) is 91.0 Å². The minimum Gasteiger partial charge on any atom is -0.476 e. The number of carboxylic acids is 2. The summed E-state index contributed by atoms with van der Waals surface area (Å²) >= 11 is 0. The van der Waals surface area contributed by atoms with E-state index < -0.39 is 55.2 Å². The molecule has 0 aromatic heterocycles. The summed E-state index contributed by atoms with van der Waals surface area (Å²) in [6.45, 7) is -1.69. The molecule has 10 heteroatoms. The van der Waals surface area contributed by atoms with Crippen LogP contribution in [0.3, 0.4) is 0 Å². The van der Waals surface area contributed by atoms with Crippen molar-refractivity contribution in [3.05, 3.63) is 0 Å². The van der Waals surface area contributed by atoms with Crippen LogP contribution in [0.1, 0.15) is 0 Å². The van der Waals surface area contributed by atoms with Crippen molar-refractivity contribution in [3.8, 4) is 0 Å². The molecule has 0 aliphatic rings. The second-order valence-electron chi connectivity index (χ2n) is 3.60. The van der Waals surface area contributed by atoms with Gasteiger partial charge in [-0.3, -0.25) is 4.99 Å². The van der Waals surface area contributed by atoms with Crippen molar-refractivity contribution in [3.63, 3.8) is 0 Å². The molecule has 19 heavy (non-hydrogen) atoms. The van der Waals surface area contributed by atoms with E-state index in [1.165, 1.54) is 0 Å². The van der Waals surface area contributed by atoms with E-state index in [0.717, 1.165) is 0 Å². The Balaban J connectivity index is 4.68. The van der Waals surface area contributed by atoms with Gasteiger partial charge in [-0.2, -0.15) is 0 Å². The molecule has 110 valence electrons. The van der Waals surface area contributed by atoms with Gasteiger partial charge in [0.1, 0.15) is 24.4 Å². The largest absolute Gasteiger partial charge is 0.476 e. The normalized spacial score (nSPS) is 17.1. The van der Waals surface area contributed by atoms with Crippen LogP contribution in [0.2, 0.25) is 0 Å². The summed E-state index contributed by atoms with van der Waals surface area (Å²) in [6.07, 6.45) is -7.36. The van der Waals surface area contributed by atoms with Crippen molar-refractivity contribution in [2.45, 2.75) is 24.4 Å². The Hall–Kier alpha value is -1.59. The molecule has 0 radical (unpaired) electrons. The van der Waals surface area contributed by atoms with Gasteiger partial charge in [-0.05, 0) is 0 Å². The summed E-state index contributed by atoms with van der Waals surface area (Å²) in [5.41, 5.74) is -1.25. The third-order valence-electron chi connectivity index (χ3n) is 2.17. The number of aliphatic carboxylic acids is 2. The summed E-state index contributed by atoms with van der Waals surface area (Å²) < 4.78 is 0. The van der Waals surface area contributed by atoms with E-state index in [1.807, 2.05) is 0 Å². The average Bonchev–Trinajstić information content (AvgIpc) is 2.34. The number of aliphatic hydroxyl groups excluding tert-OH is 5. The topological polar surface area (TPSA) is 188 Å². The predicted octanol–water partition coefficient (Wildman–Crippen LogP) is -3.97. The van der Waals surface area contributed by atoms with Crippen molar-refractivity contribution in [1.29, 1.82) is 0 Å². The fraction of sp³-hybridized carbons (Fsp3) is 0.667. The van der Waals surface area contributed by atoms with Gasteiger partial charge in [0.15, 0.2) is 0 Å². The number of nitrogens with zero attached hydrogens (tertiary/aromatic N) is 1. The van der Waals surface area contributed by atoms with Crippen LogP contribution in [0.15, 0.2) is 4.99 Å². The molecule has 0 heterocycles. The first-order valence-corrected chi connectivity index (χ1v) is 5.06.